The zero-order chi connectivity index (χ0) is 12.7. The molecule has 1 fully saturated rings. The van der Waals surface area contributed by atoms with Crippen molar-refractivity contribution in [3.63, 3.8) is 0 Å². The Morgan fingerprint density at radius 3 is 2.71 bits per heavy atom. The third-order valence-corrected chi connectivity index (χ3v) is 3.46. The maximum Gasteiger partial charge on any atom is 0.220 e. The van der Waals surface area contributed by atoms with Crippen LogP contribution in [0.5, 0.6) is 0 Å². The van der Waals surface area contributed by atoms with E-state index in [9.17, 15) is 4.79 Å². The van der Waals surface area contributed by atoms with Crippen LogP contribution in [0.3, 0.4) is 0 Å². The average Bonchev–Trinajstić information content (AvgIpc) is 2.69. The number of rotatable bonds is 7. The van der Waals surface area contributed by atoms with Crippen molar-refractivity contribution in [2.45, 2.75) is 58.9 Å². The Morgan fingerprint density at radius 1 is 1.35 bits per heavy atom. The molecule has 100 valence electrons. The van der Waals surface area contributed by atoms with E-state index in [0.717, 1.165) is 31.8 Å². The molecule has 0 aliphatic carbocycles. The molecule has 1 rings (SSSR count). The fourth-order valence-corrected chi connectivity index (χ4v) is 2.39. The van der Waals surface area contributed by atoms with Gasteiger partial charge in [0.1, 0.15) is 0 Å². The van der Waals surface area contributed by atoms with Crippen molar-refractivity contribution in [3.05, 3.63) is 0 Å². The second kappa shape index (κ2) is 7.70. The van der Waals surface area contributed by atoms with E-state index < -0.39 is 0 Å². The first-order valence-corrected chi connectivity index (χ1v) is 7.08. The lowest BCUT2D eigenvalue weighted by atomic mass is 10.0. The zero-order valence-electron chi connectivity index (χ0n) is 11.6. The van der Waals surface area contributed by atoms with Crippen LogP contribution in [0.2, 0.25) is 0 Å². The molecule has 1 aliphatic rings. The first-order chi connectivity index (χ1) is 8.08. The fraction of sp³-hybridized carbons (Fsp3) is 0.929. The quantitative estimate of drug-likeness (QED) is 0.717. The highest BCUT2D eigenvalue weighted by Gasteiger charge is 2.18. The van der Waals surface area contributed by atoms with Crippen LogP contribution in [0.15, 0.2) is 0 Å². The van der Waals surface area contributed by atoms with Crippen molar-refractivity contribution in [2.24, 2.45) is 11.8 Å². The Balaban J connectivity index is 2.07. The lowest BCUT2D eigenvalue weighted by Crippen LogP contribution is -2.34. The summed E-state index contributed by atoms with van der Waals surface area (Å²) in [6.45, 7) is 8.69. The Kier molecular flexibility index (Phi) is 6.56. The molecular weight excluding hydrogens is 212 g/mol. The van der Waals surface area contributed by atoms with Crippen molar-refractivity contribution >= 4 is 5.91 Å². The van der Waals surface area contributed by atoms with Gasteiger partial charge in [0.05, 0.1) is 0 Å². The monoisotopic (exact) mass is 240 g/mol. The van der Waals surface area contributed by atoms with Gasteiger partial charge in [-0.25, -0.2) is 0 Å². The summed E-state index contributed by atoms with van der Waals surface area (Å²) in [5.41, 5.74) is 0. The summed E-state index contributed by atoms with van der Waals surface area (Å²) in [6.07, 6.45) is 5.42. The number of hydrogen-bond acceptors (Lipinski definition) is 2. The Morgan fingerprint density at radius 2 is 2.12 bits per heavy atom. The molecule has 1 heterocycles. The molecule has 2 atom stereocenters. The highest BCUT2D eigenvalue weighted by Crippen LogP contribution is 2.12. The second-order valence-corrected chi connectivity index (χ2v) is 5.86. The van der Waals surface area contributed by atoms with Gasteiger partial charge in [-0.1, -0.05) is 26.7 Å². The molecule has 0 aromatic carbocycles. The van der Waals surface area contributed by atoms with Gasteiger partial charge in [-0.05, 0) is 44.7 Å². The van der Waals surface area contributed by atoms with Crippen LogP contribution in [0, 0.1) is 11.8 Å². The van der Waals surface area contributed by atoms with Gasteiger partial charge in [-0.3, -0.25) is 4.79 Å². The van der Waals surface area contributed by atoms with Crippen LogP contribution in [0.1, 0.15) is 52.9 Å². The van der Waals surface area contributed by atoms with E-state index in [1.54, 1.807) is 0 Å². The van der Waals surface area contributed by atoms with E-state index in [-0.39, 0.29) is 5.91 Å². The average molecular weight is 240 g/mol. The Hall–Kier alpha value is -0.570. The summed E-state index contributed by atoms with van der Waals surface area (Å²) in [4.78, 5) is 11.8. The van der Waals surface area contributed by atoms with Crippen molar-refractivity contribution in [3.8, 4) is 0 Å². The first-order valence-electron chi connectivity index (χ1n) is 7.08. The Labute approximate surface area is 106 Å². The van der Waals surface area contributed by atoms with Crippen LogP contribution in [0.25, 0.3) is 0 Å². The zero-order valence-corrected chi connectivity index (χ0v) is 11.6. The maximum absolute atomic E-state index is 11.8. The highest BCUT2D eigenvalue weighted by molar-refractivity contribution is 5.76. The van der Waals surface area contributed by atoms with E-state index in [1.165, 1.54) is 12.8 Å². The molecule has 0 radical (unpaired) electrons. The van der Waals surface area contributed by atoms with Gasteiger partial charge in [-0.15, -0.1) is 0 Å². The van der Waals surface area contributed by atoms with Gasteiger partial charge < -0.3 is 10.6 Å². The normalized spacial score (nSPS) is 21.8. The van der Waals surface area contributed by atoms with Crippen molar-refractivity contribution in [1.29, 1.82) is 0 Å². The molecule has 3 nitrogen and oxygen atoms in total. The smallest absolute Gasteiger partial charge is 0.220 e. The molecule has 1 aliphatic heterocycles. The minimum atomic E-state index is 0.232. The van der Waals surface area contributed by atoms with Crippen molar-refractivity contribution in [2.75, 3.05) is 13.1 Å². The molecule has 0 bridgehead atoms. The van der Waals surface area contributed by atoms with Crippen LogP contribution in [-0.2, 0) is 4.79 Å². The molecule has 1 amide bonds. The molecule has 2 unspecified atom stereocenters. The lowest BCUT2D eigenvalue weighted by Gasteiger charge is -2.16. The largest absolute Gasteiger partial charge is 0.354 e. The minimum Gasteiger partial charge on any atom is -0.354 e. The molecule has 2 N–H and O–H groups in total. The molecule has 1 saturated heterocycles. The molecule has 3 heteroatoms. The summed E-state index contributed by atoms with van der Waals surface area (Å²) in [5, 5.41) is 6.41. The van der Waals surface area contributed by atoms with E-state index >= 15 is 0 Å². The molecule has 0 saturated carbocycles. The van der Waals surface area contributed by atoms with E-state index in [0.29, 0.717) is 18.4 Å². The summed E-state index contributed by atoms with van der Waals surface area (Å²) in [5.74, 6) is 1.55. The van der Waals surface area contributed by atoms with E-state index in [1.807, 2.05) is 0 Å². The topological polar surface area (TPSA) is 41.1 Å². The Bertz CT molecular complexity index is 222. The van der Waals surface area contributed by atoms with Crippen LogP contribution >= 0.6 is 0 Å². The lowest BCUT2D eigenvalue weighted by molar-refractivity contribution is -0.122. The minimum absolute atomic E-state index is 0.232. The van der Waals surface area contributed by atoms with Crippen LogP contribution in [0.4, 0.5) is 0 Å². The van der Waals surface area contributed by atoms with E-state index in [2.05, 4.69) is 31.4 Å². The van der Waals surface area contributed by atoms with Crippen LogP contribution in [-0.4, -0.2) is 25.0 Å². The van der Waals surface area contributed by atoms with Gasteiger partial charge in [0, 0.05) is 12.5 Å². The number of hydrogen-bond donors (Lipinski definition) is 2. The van der Waals surface area contributed by atoms with Crippen molar-refractivity contribution < 1.29 is 4.79 Å². The summed E-state index contributed by atoms with van der Waals surface area (Å²) in [6, 6.07) is 0.329. The van der Waals surface area contributed by atoms with Gasteiger partial charge in [0.15, 0.2) is 0 Å². The third kappa shape index (κ3) is 6.67. The summed E-state index contributed by atoms with van der Waals surface area (Å²) >= 11 is 0. The van der Waals surface area contributed by atoms with E-state index in [4.69, 9.17) is 0 Å². The predicted octanol–water partition coefficient (Wildman–Crippen LogP) is 2.32. The predicted molar refractivity (Wildman–Crippen MR) is 71.9 cm³/mol. The molecular formula is C14H28N2O. The van der Waals surface area contributed by atoms with Crippen LogP contribution < -0.4 is 10.6 Å². The van der Waals surface area contributed by atoms with Gasteiger partial charge >= 0.3 is 0 Å². The fourth-order valence-electron chi connectivity index (χ4n) is 2.39. The van der Waals surface area contributed by atoms with Gasteiger partial charge in [0.25, 0.3) is 0 Å². The SMILES string of the molecule is CC(C)CCCC(C)NC(=O)CC1CCNC1. The summed E-state index contributed by atoms with van der Waals surface area (Å²) in [7, 11) is 0. The number of nitrogens with one attached hydrogen (secondary N) is 2. The van der Waals surface area contributed by atoms with Gasteiger partial charge in [0.2, 0.25) is 5.91 Å². The molecule has 0 spiro atoms. The number of amides is 1. The standard InChI is InChI=1S/C14H28N2O/c1-11(2)5-4-6-12(3)16-14(17)9-13-7-8-15-10-13/h11-13,15H,4-10H2,1-3H3,(H,16,17). The first kappa shape index (κ1) is 14.5. The van der Waals surface area contributed by atoms with Gasteiger partial charge in [-0.2, -0.15) is 0 Å². The third-order valence-electron chi connectivity index (χ3n) is 3.46. The highest BCUT2D eigenvalue weighted by atomic mass is 16.1. The summed E-state index contributed by atoms with van der Waals surface area (Å²) < 4.78 is 0. The second-order valence-electron chi connectivity index (χ2n) is 5.86. The number of carbonyl (C=O) groups is 1. The maximum atomic E-state index is 11.8. The molecule has 0 aromatic rings. The number of carbonyl (C=O) groups excluding carboxylic acids is 1. The molecule has 17 heavy (non-hydrogen) atoms. The molecule has 0 aromatic heterocycles. The van der Waals surface area contributed by atoms with Crippen molar-refractivity contribution in [1.82, 2.24) is 10.6 Å².